The zero-order valence-corrected chi connectivity index (χ0v) is 13.2. The van der Waals surface area contributed by atoms with E-state index in [0.29, 0.717) is 5.41 Å². The number of nitrogens with one attached hydrogen (secondary N) is 1. The van der Waals surface area contributed by atoms with Gasteiger partial charge in [0.05, 0.1) is 0 Å². The lowest BCUT2D eigenvalue weighted by Crippen LogP contribution is -2.52. The fourth-order valence-electron chi connectivity index (χ4n) is 4.16. The molecule has 1 aliphatic carbocycles. The topological polar surface area (TPSA) is 38.0 Å². The van der Waals surface area contributed by atoms with Crippen LogP contribution in [-0.4, -0.2) is 13.1 Å². The fourth-order valence-corrected chi connectivity index (χ4v) is 4.16. The molecule has 1 rings (SSSR count). The van der Waals surface area contributed by atoms with E-state index >= 15 is 0 Å². The van der Waals surface area contributed by atoms with Crippen molar-refractivity contribution in [2.75, 3.05) is 7.05 Å². The highest BCUT2D eigenvalue weighted by Gasteiger charge is 2.48. The molecule has 106 valence electrons. The summed E-state index contributed by atoms with van der Waals surface area (Å²) in [5, 5.41) is 3.46. The molecule has 0 aromatic rings. The third-order valence-electron chi connectivity index (χ3n) is 5.75. The molecule has 0 aromatic heterocycles. The highest BCUT2D eigenvalue weighted by atomic mass is 14.9. The molecule has 2 heteroatoms. The molecule has 1 aliphatic rings. The summed E-state index contributed by atoms with van der Waals surface area (Å²) in [5.41, 5.74) is 9.97. The van der Waals surface area contributed by atoms with E-state index in [9.17, 15) is 0 Å². The Balaban J connectivity index is 3.37. The molecular weight excluding hydrogens is 220 g/mol. The molecule has 2 nitrogen and oxygen atoms in total. The minimum atomic E-state index is 0.209. The molecule has 1 atom stereocenters. The molecule has 0 radical (unpaired) electrons. The first-order valence-electron chi connectivity index (χ1n) is 7.61. The minimum Gasteiger partial charge on any atom is -0.391 e. The summed E-state index contributed by atoms with van der Waals surface area (Å²) >= 11 is 0. The molecule has 1 unspecified atom stereocenters. The number of allylic oxidation sites excluding steroid dienone is 1. The second-order valence-electron chi connectivity index (χ2n) is 6.02. The molecule has 0 saturated heterocycles. The highest BCUT2D eigenvalue weighted by molar-refractivity contribution is 5.30. The van der Waals surface area contributed by atoms with E-state index in [-0.39, 0.29) is 11.5 Å². The summed E-state index contributed by atoms with van der Waals surface area (Å²) in [7, 11) is 2.05. The minimum absolute atomic E-state index is 0.209. The van der Waals surface area contributed by atoms with Crippen molar-refractivity contribution in [1.29, 1.82) is 0 Å². The Morgan fingerprint density at radius 1 is 1.11 bits per heavy atom. The van der Waals surface area contributed by atoms with Crippen molar-refractivity contribution in [1.82, 2.24) is 5.32 Å². The van der Waals surface area contributed by atoms with Crippen LogP contribution < -0.4 is 11.1 Å². The van der Waals surface area contributed by atoms with Crippen LogP contribution in [-0.2, 0) is 0 Å². The first-order valence-corrected chi connectivity index (χ1v) is 7.61. The van der Waals surface area contributed by atoms with Gasteiger partial charge in [-0.3, -0.25) is 0 Å². The van der Waals surface area contributed by atoms with Crippen LogP contribution in [0.4, 0.5) is 0 Å². The zero-order chi connectivity index (χ0) is 14.0. The number of rotatable bonds is 5. The largest absolute Gasteiger partial charge is 0.391 e. The van der Waals surface area contributed by atoms with Crippen LogP contribution in [0.3, 0.4) is 0 Å². The van der Waals surface area contributed by atoms with Crippen LogP contribution in [0, 0.1) is 10.8 Å². The van der Waals surface area contributed by atoms with Gasteiger partial charge < -0.3 is 11.1 Å². The predicted molar refractivity (Wildman–Crippen MR) is 80.4 cm³/mol. The summed E-state index contributed by atoms with van der Waals surface area (Å²) in [4.78, 5) is 0. The molecule has 0 saturated carbocycles. The van der Waals surface area contributed by atoms with Gasteiger partial charge in [-0.2, -0.15) is 0 Å². The van der Waals surface area contributed by atoms with Gasteiger partial charge in [-0.05, 0) is 50.0 Å². The summed E-state index contributed by atoms with van der Waals surface area (Å²) in [6.07, 6.45) is 5.99. The van der Waals surface area contributed by atoms with Crippen molar-refractivity contribution in [3.8, 4) is 0 Å². The first kappa shape index (κ1) is 15.6. The van der Waals surface area contributed by atoms with Gasteiger partial charge >= 0.3 is 0 Å². The van der Waals surface area contributed by atoms with Crippen molar-refractivity contribution in [3.05, 3.63) is 11.3 Å². The lowest BCUT2D eigenvalue weighted by Gasteiger charge is -2.52. The van der Waals surface area contributed by atoms with Gasteiger partial charge in [0.25, 0.3) is 0 Å². The van der Waals surface area contributed by atoms with E-state index in [1.165, 1.54) is 43.4 Å². The molecule has 0 bridgehead atoms. The van der Waals surface area contributed by atoms with Crippen LogP contribution >= 0.6 is 0 Å². The molecule has 0 heterocycles. The Morgan fingerprint density at radius 3 is 1.94 bits per heavy atom. The maximum absolute atomic E-state index is 6.58. The van der Waals surface area contributed by atoms with Crippen LogP contribution in [0.5, 0.6) is 0 Å². The van der Waals surface area contributed by atoms with Crippen LogP contribution in [0.25, 0.3) is 0 Å². The van der Waals surface area contributed by atoms with Gasteiger partial charge in [-0.25, -0.2) is 0 Å². The van der Waals surface area contributed by atoms with Crippen LogP contribution in [0.15, 0.2) is 11.3 Å². The Kier molecular flexibility index (Phi) is 4.88. The monoisotopic (exact) mass is 252 g/mol. The summed E-state index contributed by atoms with van der Waals surface area (Å²) in [5.74, 6) is 0. The Bertz CT molecular complexity index is 309. The first-order chi connectivity index (χ1) is 8.46. The molecule has 0 aliphatic heterocycles. The average Bonchev–Trinajstić information content (AvgIpc) is 2.42. The average molecular weight is 252 g/mol. The van der Waals surface area contributed by atoms with Gasteiger partial charge in [-0.1, -0.05) is 27.7 Å². The number of hydrogen-bond acceptors (Lipinski definition) is 2. The normalized spacial score (nSPS) is 26.3. The van der Waals surface area contributed by atoms with Crippen molar-refractivity contribution in [2.24, 2.45) is 16.6 Å². The van der Waals surface area contributed by atoms with Gasteiger partial charge in [0.15, 0.2) is 0 Å². The van der Waals surface area contributed by atoms with E-state index in [0.717, 1.165) is 0 Å². The van der Waals surface area contributed by atoms with Gasteiger partial charge in [0.2, 0.25) is 0 Å². The third-order valence-corrected chi connectivity index (χ3v) is 5.75. The van der Waals surface area contributed by atoms with E-state index in [2.05, 4.69) is 47.0 Å². The molecule has 3 N–H and O–H groups in total. The molecule has 0 aromatic carbocycles. The molecule has 0 spiro atoms. The van der Waals surface area contributed by atoms with Gasteiger partial charge in [0, 0.05) is 24.2 Å². The molecule has 18 heavy (non-hydrogen) atoms. The molecule has 0 amide bonds. The molecular formula is C16H32N2. The van der Waals surface area contributed by atoms with E-state index in [1.54, 1.807) is 0 Å². The van der Waals surface area contributed by atoms with E-state index < -0.39 is 0 Å². The zero-order valence-electron chi connectivity index (χ0n) is 13.2. The number of nitrogens with two attached hydrogens (primary N) is 1. The van der Waals surface area contributed by atoms with Gasteiger partial charge in [0.1, 0.15) is 0 Å². The standard InChI is InChI=1S/C16H32N2/c1-7-15(8-2)11-16(9-3,10-4)14(18-6)12(5)13(15)17/h13,18H,7-11,17H2,1-6H3. The number of hydrogen-bond donors (Lipinski definition) is 2. The van der Waals surface area contributed by atoms with Crippen molar-refractivity contribution in [3.63, 3.8) is 0 Å². The summed E-state index contributed by atoms with van der Waals surface area (Å²) in [6, 6.07) is 0.209. The van der Waals surface area contributed by atoms with Crippen LogP contribution in [0.2, 0.25) is 0 Å². The Labute approximate surface area is 113 Å². The predicted octanol–water partition coefficient (Wildman–Crippen LogP) is 3.82. The fraction of sp³-hybridized carbons (Fsp3) is 0.875. The summed E-state index contributed by atoms with van der Waals surface area (Å²) in [6.45, 7) is 11.5. The lowest BCUT2D eigenvalue weighted by atomic mass is 9.56. The SMILES string of the molecule is CCC1(CC)CC(CC)(CC)C(N)C(C)=C1NC. The second-order valence-corrected chi connectivity index (χ2v) is 6.02. The maximum Gasteiger partial charge on any atom is 0.0328 e. The quantitative estimate of drug-likeness (QED) is 0.780. The lowest BCUT2D eigenvalue weighted by molar-refractivity contribution is 0.0893. The van der Waals surface area contributed by atoms with Crippen molar-refractivity contribution >= 4 is 0 Å². The van der Waals surface area contributed by atoms with Gasteiger partial charge in [-0.15, -0.1) is 0 Å². The second kappa shape index (κ2) is 5.64. The van der Waals surface area contributed by atoms with Crippen molar-refractivity contribution < 1.29 is 0 Å². The van der Waals surface area contributed by atoms with Crippen LogP contribution in [0.1, 0.15) is 66.7 Å². The van der Waals surface area contributed by atoms with Crippen molar-refractivity contribution in [2.45, 2.75) is 72.8 Å². The van der Waals surface area contributed by atoms with E-state index in [1.807, 2.05) is 0 Å². The Morgan fingerprint density at radius 2 is 1.61 bits per heavy atom. The summed E-state index contributed by atoms with van der Waals surface area (Å²) < 4.78 is 0. The smallest absolute Gasteiger partial charge is 0.0328 e. The third kappa shape index (κ3) is 2.09. The van der Waals surface area contributed by atoms with E-state index in [4.69, 9.17) is 5.73 Å². The molecule has 0 fully saturated rings. The maximum atomic E-state index is 6.58. The Hall–Kier alpha value is -0.500. The highest BCUT2D eigenvalue weighted by Crippen LogP contribution is 2.54.